The second kappa shape index (κ2) is 4.64. The van der Waals surface area contributed by atoms with E-state index >= 15 is 0 Å². The smallest absolute Gasteiger partial charge is 0.276 e. The Hall–Kier alpha value is -2.06. The number of nitrogens with two attached hydrogens (primary N) is 1. The van der Waals surface area contributed by atoms with Crippen molar-refractivity contribution in [3.05, 3.63) is 29.4 Å². The van der Waals surface area contributed by atoms with Gasteiger partial charge in [0.15, 0.2) is 0 Å². The molecule has 2 heterocycles. The minimum Gasteiger partial charge on any atom is -0.308 e. The Morgan fingerprint density at radius 3 is 3.00 bits per heavy atom. The van der Waals surface area contributed by atoms with Crippen LogP contribution in [0.2, 0.25) is 0 Å². The van der Waals surface area contributed by atoms with Crippen molar-refractivity contribution in [2.24, 2.45) is 5.84 Å². The van der Waals surface area contributed by atoms with E-state index in [0.717, 1.165) is 0 Å². The van der Waals surface area contributed by atoms with Crippen LogP contribution in [0.15, 0.2) is 23.7 Å². The van der Waals surface area contributed by atoms with Crippen LogP contribution < -0.4 is 16.6 Å². The average molecular weight is 236 g/mol. The molecule has 0 spiro atoms. The van der Waals surface area contributed by atoms with Gasteiger partial charge in [-0.3, -0.25) is 10.1 Å². The third kappa shape index (κ3) is 2.30. The van der Waals surface area contributed by atoms with E-state index < -0.39 is 0 Å². The molecule has 16 heavy (non-hydrogen) atoms. The second-order valence-electron chi connectivity index (χ2n) is 2.75. The summed E-state index contributed by atoms with van der Waals surface area (Å²) in [6.07, 6.45) is 0. The average Bonchev–Trinajstić information content (AvgIpc) is 2.82. The third-order valence-corrected chi connectivity index (χ3v) is 2.32. The summed E-state index contributed by atoms with van der Waals surface area (Å²) < 4.78 is 0. The number of amides is 1. The lowest BCUT2D eigenvalue weighted by Gasteiger charge is -2.02. The molecule has 8 heteroatoms. The first-order valence-corrected chi connectivity index (χ1v) is 5.19. The molecule has 2 aromatic rings. The molecule has 4 N–H and O–H groups in total. The minimum absolute atomic E-state index is 0.255. The summed E-state index contributed by atoms with van der Waals surface area (Å²) in [5, 5.41) is 10.3. The largest absolute Gasteiger partial charge is 0.308 e. The van der Waals surface area contributed by atoms with Gasteiger partial charge in [-0.25, -0.2) is 10.8 Å². The summed E-state index contributed by atoms with van der Waals surface area (Å²) in [5.41, 5.74) is 4.15. The SMILES string of the molecule is NNc1cccc(C(=O)Nc2nncs2)n1. The van der Waals surface area contributed by atoms with Crippen LogP contribution in [0.1, 0.15) is 10.5 Å². The molecule has 0 unspecified atom stereocenters. The van der Waals surface area contributed by atoms with E-state index in [1.165, 1.54) is 16.8 Å². The monoisotopic (exact) mass is 236 g/mol. The Kier molecular flexibility index (Phi) is 3.03. The van der Waals surface area contributed by atoms with Gasteiger partial charge in [-0.1, -0.05) is 17.4 Å². The lowest BCUT2D eigenvalue weighted by Crippen LogP contribution is -2.16. The fourth-order valence-corrected chi connectivity index (χ4v) is 1.47. The van der Waals surface area contributed by atoms with Gasteiger partial charge in [0.1, 0.15) is 17.0 Å². The summed E-state index contributed by atoms with van der Waals surface area (Å²) in [5.74, 6) is 5.26. The van der Waals surface area contributed by atoms with Gasteiger partial charge in [0, 0.05) is 0 Å². The Morgan fingerprint density at radius 2 is 2.31 bits per heavy atom. The van der Waals surface area contributed by atoms with Crippen molar-refractivity contribution >= 4 is 28.2 Å². The first-order chi connectivity index (χ1) is 7.79. The Bertz CT molecular complexity index is 485. The maximum absolute atomic E-state index is 11.7. The topological polar surface area (TPSA) is 106 Å². The molecule has 2 rings (SSSR count). The normalized spacial score (nSPS) is 9.81. The first kappa shape index (κ1) is 10.5. The molecule has 0 aliphatic carbocycles. The van der Waals surface area contributed by atoms with Crippen molar-refractivity contribution in [3.8, 4) is 0 Å². The van der Waals surface area contributed by atoms with Gasteiger partial charge in [-0.05, 0) is 12.1 Å². The van der Waals surface area contributed by atoms with Crippen LogP contribution in [0, 0.1) is 0 Å². The zero-order valence-corrected chi connectivity index (χ0v) is 8.86. The number of rotatable bonds is 3. The molecule has 2 aromatic heterocycles. The van der Waals surface area contributed by atoms with Crippen molar-refractivity contribution in [2.75, 3.05) is 10.7 Å². The second-order valence-corrected chi connectivity index (χ2v) is 3.58. The van der Waals surface area contributed by atoms with Crippen LogP contribution in [0.25, 0.3) is 0 Å². The van der Waals surface area contributed by atoms with Crippen molar-refractivity contribution in [3.63, 3.8) is 0 Å². The Balaban J connectivity index is 2.14. The highest BCUT2D eigenvalue weighted by Crippen LogP contribution is 2.10. The summed E-state index contributed by atoms with van der Waals surface area (Å²) in [6.45, 7) is 0. The van der Waals surface area contributed by atoms with E-state index in [9.17, 15) is 4.79 Å². The number of pyridine rings is 1. The number of carbonyl (C=O) groups is 1. The molecule has 0 atom stereocenters. The van der Waals surface area contributed by atoms with Crippen LogP contribution in [0.3, 0.4) is 0 Å². The quantitative estimate of drug-likeness (QED) is 0.528. The molecule has 0 saturated heterocycles. The van der Waals surface area contributed by atoms with Gasteiger partial charge in [0.05, 0.1) is 0 Å². The molecule has 0 saturated carbocycles. The van der Waals surface area contributed by atoms with E-state index in [0.29, 0.717) is 10.9 Å². The zero-order valence-electron chi connectivity index (χ0n) is 8.04. The third-order valence-electron chi connectivity index (χ3n) is 1.71. The summed E-state index contributed by atoms with van der Waals surface area (Å²) in [7, 11) is 0. The number of anilines is 2. The van der Waals surface area contributed by atoms with Crippen LogP contribution in [0.5, 0.6) is 0 Å². The van der Waals surface area contributed by atoms with Crippen molar-refractivity contribution < 1.29 is 4.79 Å². The number of carbonyl (C=O) groups excluding carboxylic acids is 1. The highest BCUT2D eigenvalue weighted by molar-refractivity contribution is 7.13. The number of nitrogens with one attached hydrogen (secondary N) is 2. The van der Waals surface area contributed by atoms with Crippen LogP contribution in [-0.2, 0) is 0 Å². The standard InChI is InChI=1S/C8H8N6OS/c9-13-6-3-1-2-5(11-6)7(15)12-8-14-10-4-16-8/h1-4H,9H2,(H,11,13)(H,12,14,15). The molecule has 0 radical (unpaired) electrons. The number of hydrazine groups is 1. The molecule has 0 aliphatic heterocycles. The molecule has 7 nitrogen and oxygen atoms in total. The van der Waals surface area contributed by atoms with Crippen LogP contribution in [-0.4, -0.2) is 21.1 Å². The minimum atomic E-state index is -0.353. The summed E-state index contributed by atoms with van der Waals surface area (Å²) in [6, 6.07) is 4.91. The van der Waals surface area contributed by atoms with Crippen LogP contribution >= 0.6 is 11.3 Å². The van der Waals surface area contributed by atoms with Crippen LogP contribution in [0.4, 0.5) is 10.9 Å². The molecule has 1 amide bonds. The van der Waals surface area contributed by atoms with E-state index in [1.54, 1.807) is 18.2 Å². The van der Waals surface area contributed by atoms with Gasteiger partial charge in [0.2, 0.25) is 5.13 Å². The van der Waals surface area contributed by atoms with Gasteiger partial charge in [-0.2, -0.15) is 0 Å². The highest BCUT2D eigenvalue weighted by atomic mass is 32.1. The maximum Gasteiger partial charge on any atom is 0.276 e. The van der Waals surface area contributed by atoms with Gasteiger partial charge >= 0.3 is 0 Å². The first-order valence-electron chi connectivity index (χ1n) is 4.31. The van der Waals surface area contributed by atoms with Crippen molar-refractivity contribution in [1.29, 1.82) is 0 Å². The van der Waals surface area contributed by atoms with Crippen molar-refractivity contribution in [1.82, 2.24) is 15.2 Å². The molecule has 82 valence electrons. The number of hydrogen-bond donors (Lipinski definition) is 3. The number of hydrogen-bond acceptors (Lipinski definition) is 7. The molecule has 0 aromatic carbocycles. The maximum atomic E-state index is 11.7. The summed E-state index contributed by atoms with van der Waals surface area (Å²) >= 11 is 1.23. The Labute approximate surface area is 94.7 Å². The lowest BCUT2D eigenvalue weighted by molar-refractivity contribution is 0.102. The van der Waals surface area contributed by atoms with E-state index in [1.807, 2.05) is 0 Å². The van der Waals surface area contributed by atoms with Gasteiger partial charge in [0.25, 0.3) is 5.91 Å². The van der Waals surface area contributed by atoms with E-state index in [4.69, 9.17) is 5.84 Å². The number of nitrogen functional groups attached to an aromatic ring is 1. The predicted octanol–water partition coefficient (Wildman–Crippen LogP) is 0.471. The van der Waals surface area contributed by atoms with Crippen molar-refractivity contribution in [2.45, 2.75) is 0 Å². The lowest BCUT2D eigenvalue weighted by atomic mass is 10.3. The fraction of sp³-hybridized carbons (Fsp3) is 0. The number of nitrogens with zero attached hydrogens (tertiary/aromatic N) is 3. The molecule has 0 fully saturated rings. The molecular weight excluding hydrogens is 228 g/mol. The predicted molar refractivity (Wildman–Crippen MR) is 59.9 cm³/mol. The zero-order chi connectivity index (χ0) is 11.4. The molecule has 0 bridgehead atoms. The van der Waals surface area contributed by atoms with E-state index in [2.05, 4.69) is 25.9 Å². The summed E-state index contributed by atoms with van der Waals surface area (Å²) in [4.78, 5) is 15.7. The highest BCUT2D eigenvalue weighted by Gasteiger charge is 2.09. The number of aromatic nitrogens is 3. The van der Waals surface area contributed by atoms with E-state index in [-0.39, 0.29) is 11.6 Å². The fourth-order valence-electron chi connectivity index (χ4n) is 1.03. The van der Waals surface area contributed by atoms with Gasteiger partial charge < -0.3 is 5.43 Å². The van der Waals surface area contributed by atoms with Gasteiger partial charge in [-0.15, -0.1) is 10.2 Å². The Morgan fingerprint density at radius 1 is 1.44 bits per heavy atom. The molecular formula is C8H8N6OS. The molecule has 0 aliphatic rings.